The molecule has 2 atom stereocenters. The summed E-state index contributed by atoms with van der Waals surface area (Å²) in [6, 6.07) is 7.17. The highest BCUT2D eigenvalue weighted by Crippen LogP contribution is 2.19. The quantitative estimate of drug-likeness (QED) is 0.779. The molecule has 0 spiro atoms. The van der Waals surface area contributed by atoms with Gasteiger partial charge in [0.2, 0.25) is 0 Å². The third-order valence-corrected chi connectivity index (χ3v) is 2.67. The first-order chi connectivity index (χ1) is 6.65. The number of hydrogen-bond donors (Lipinski definition) is 1. The maximum atomic E-state index is 12.7. The lowest BCUT2D eigenvalue weighted by Crippen LogP contribution is -2.30. The molecule has 0 radical (unpaired) electrons. The van der Waals surface area contributed by atoms with Crippen LogP contribution < -0.4 is 5.32 Å². The van der Waals surface area contributed by atoms with E-state index in [-0.39, 0.29) is 5.82 Å². The largest absolute Gasteiger partial charge is 0.314 e. The predicted molar refractivity (Wildman–Crippen MR) is 58.0 cm³/mol. The van der Waals surface area contributed by atoms with Gasteiger partial charge in [0.1, 0.15) is 5.82 Å². The van der Waals surface area contributed by atoms with Crippen molar-refractivity contribution in [3.05, 3.63) is 35.6 Å². The number of rotatable bonds is 4. The summed E-state index contributed by atoms with van der Waals surface area (Å²) < 4.78 is 12.7. The number of benzene rings is 1. The maximum Gasteiger partial charge on any atom is 0.123 e. The van der Waals surface area contributed by atoms with Gasteiger partial charge in [-0.1, -0.05) is 26.0 Å². The molecule has 1 nitrogen and oxygen atoms in total. The Bertz CT molecular complexity index is 268. The van der Waals surface area contributed by atoms with E-state index in [1.165, 1.54) is 17.7 Å². The van der Waals surface area contributed by atoms with Crippen LogP contribution in [0.4, 0.5) is 4.39 Å². The summed E-state index contributed by atoms with van der Waals surface area (Å²) >= 11 is 0. The van der Waals surface area contributed by atoms with Gasteiger partial charge in [-0.3, -0.25) is 0 Å². The van der Waals surface area contributed by atoms with Crippen LogP contribution in [0.3, 0.4) is 0 Å². The minimum atomic E-state index is -0.169. The van der Waals surface area contributed by atoms with Gasteiger partial charge >= 0.3 is 0 Å². The molecule has 0 aliphatic rings. The highest BCUT2D eigenvalue weighted by atomic mass is 19.1. The van der Waals surface area contributed by atoms with E-state index >= 15 is 0 Å². The third-order valence-electron chi connectivity index (χ3n) is 2.67. The van der Waals surface area contributed by atoms with Crippen LogP contribution in [0, 0.1) is 5.82 Å². The zero-order chi connectivity index (χ0) is 10.6. The molecule has 2 heteroatoms. The molecule has 0 aromatic heterocycles. The monoisotopic (exact) mass is 195 g/mol. The van der Waals surface area contributed by atoms with Gasteiger partial charge in [0.25, 0.3) is 0 Å². The molecule has 0 bridgehead atoms. The van der Waals surface area contributed by atoms with E-state index in [0.717, 1.165) is 6.54 Å². The fourth-order valence-electron chi connectivity index (χ4n) is 1.55. The summed E-state index contributed by atoms with van der Waals surface area (Å²) in [5, 5.41) is 3.36. The zero-order valence-electron chi connectivity index (χ0n) is 9.05. The molecule has 1 N–H and O–H groups in total. The summed E-state index contributed by atoms with van der Waals surface area (Å²) in [6.45, 7) is 7.36. The lowest BCUT2D eigenvalue weighted by molar-refractivity contribution is 0.494. The van der Waals surface area contributed by atoms with Gasteiger partial charge in [-0.25, -0.2) is 4.39 Å². The van der Waals surface area contributed by atoms with E-state index in [1.807, 2.05) is 12.1 Å². The van der Waals surface area contributed by atoms with Crippen LogP contribution in [0.5, 0.6) is 0 Å². The van der Waals surface area contributed by atoms with Gasteiger partial charge in [0, 0.05) is 6.04 Å². The van der Waals surface area contributed by atoms with Crippen LogP contribution in [0.15, 0.2) is 24.3 Å². The van der Waals surface area contributed by atoms with Crippen molar-refractivity contribution in [2.75, 3.05) is 6.54 Å². The van der Waals surface area contributed by atoms with Crippen molar-refractivity contribution in [3.63, 3.8) is 0 Å². The van der Waals surface area contributed by atoms with Crippen molar-refractivity contribution in [1.29, 1.82) is 0 Å². The first kappa shape index (κ1) is 11.2. The Morgan fingerprint density at radius 1 is 1.21 bits per heavy atom. The van der Waals surface area contributed by atoms with Crippen LogP contribution in [0.2, 0.25) is 0 Å². The molecule has 1 aromatic rings. The average molecular weight is 195 g/mol. The standard InChI is InChI=1S/C12H18FN/c1-4-14-10(3)9(2)11-5-7-12(13)8-6-11/h5-10,14H,4H2,1-3H3. The SMILES string of the molecule is CCNC(C)C(C)c1ccc(F)cc1. The Morgan fingerprint density at radius 2 is 1.79 bits per heavy atom. The fraction of sp³-hybridized carbons (Fsp3) is 0.500. The number of halogens is 1. The van der Waals surface area contributed by atoms with Crippen LogP contribution >= 0.6 is 0 Å². The average Bonchev–Trinajstić information content (AvgIpc) is 2.18. The Balaban J connectivity index is 2.68. The molecular formula is C12H18FN. The summed E-state index contributed by atoms with van der Waals surface area (Å²) in [5.41, 5.74) is 1.18. The molecular weight excluding hydrogens is 177 g/mol. The van der Waals surface area contributed by atoms with Crippen molar-refractivity contribution < 1.29 is 4.39 Å². The summed E-state index contributed by atoms with van der Waals surface area (Å²) in [6.07, 6.45) is 0. The maximum absolute atomic E-state index is 12.7. The number of nitrogens with one attached hydrogen (secondary N) is 1. The van der Waals surface area contributed by atoms with Crippen molar-refractivity contribution >= 4 is 0 Å². The Hall–Kier alpha value is -0.890. The van der Waals surface area contributed by atoms with E-state index in [2.05, 4.69) is 26.1 Å². The van der Waals surface area contributed by atoms with Gasteiger partial charge in [-0.15, -0.1) is 0 Å². The molecule has 14 heavy (non-hydrogen) atoms. The molecule has 0 fully saturated rings. The zero-order valence-corrected chi connectivity index (χ0v) is 9.05. The van der Waals surface area contributed by atoms with Crippen LogP contribution in [0.25, 0.3) is 0 Å². The second-order valence-corrected chi connectivity index (χ2v) is 3.69. The molecule has 0 heterocycles. The normalized spacial score (nSPS) is 15.1. The highest BCUT2D eigenvalue weighted by molar-refractivity contribution is 5.21. The third kappa shape index (κ3) is 2.81. The molecule has 78 valence electrons. The second-order valence-electron chi connectivity index (χ2n) is 3.69. The molecule has 1 aromatic carbocycles. The second kappa shape index (κ2) is 5.11. The van der Waals surface area contributed by atoms with Crippen molar-refractivity contribution in [2.45, 2.75) is 32.7 Å². The first-order valence-electron chi connectivity index (χ1n) is 5.14. The minimum absolute atomic E-state index is 0.169. The van der Waals surface area contributed by atoms with E-state index < -0.39 is 0 Å². The highest BCUT2D eigenvalue weighted by Gasteiger charge is 2.12. The molecule has 0 aliphatic heterocycles. The molecule has 0 saturated heterocycles. The lowest BCUT2D eigenvalue weighted by Gasteiger charge is -2.20. The van der Waals surface area contributed by atoms with Gasteiger partial charge < -0.3 is 5.32 Å². The van der Waals surface area contributed by atoms with Gasteiger partial charge in [-0.2, -0.15) is 0 Å². The Labute approximate surface area is 85.3 Å². The Morgan fingerprint density at radius 3 is 2.29 bits per heavy atom. The van der Waals surface area contributed by atoms with Crippen LogP contribution in [-0.2, 0) is 0 Å². The molecule has 2 unspecified atom stereocenters. The van der Waals surface area contributed by atoms with Crippen molar-refractivity contribution in [3.8, 4) is 0 Å². The van der Waals surface area contributed by atoms with E-state index in [0.29, 0.717) is 12.0 Å². The van der Waals surface area contributed by atoms with E-state index in [1.54, 1.807) is 0 Å². The van der Waals surface area contributed by atoms with Gasteiger partial charge in [0.05, 0.1) is 0 Å². The minimum Gasteiger partial charge on any atom is -0.314 e. The topological polar surface area (TPSA) is 12.0 Å². The lowest BCUT2D eigenvalue weighted by atomic mass is 9.94. The number of likely N-dealkylation sites (N-methyl/N-ethyl adjacent to an activating group) is 1. The number of hydrogen-bond acceptors (Lipinski definition) is 1. The molecule has 0 saturated carbocycles. The predicted octanol–water partition coefficient (Wildman–Crippen LogP) is 2.93. The van der Waals surface area contributed by atoms with Gasteiger partial charge in [0.15, 0.2) is 0 Å². The first-order valence-corrected chi connectivity index (χ1v) is 5.14. The fourth-order valence-corrected chi connectivity index (χ4v) is 1.55. The smallest absolute Gasteiger partial charge is 0.123 e. The molecule has 0 amide bonds. The molecule has 1 rings (SSSR count). The van der Waals surface area contributed by atoms with Gasteiger partial charge in [-0.05, 0) is 37.1 Å². The van der Waals surface area contributed by atoms with E-state index in [4.69, 9.17) is 0 Å². The van der Waals surface area contributed by atoms with Crippen molar-refractivity contribution in [2.24, 2.45) is 0 Å². The van der Waals surface area contributed by atoms with Crippen molar-refractivity contribution in [1.82, 2.24) is 5.32 Å². The molecule has 0 aliphatic carbocycles. The summed E-state index contributed by atoms with van der Waals surface area (Å²) in [4.78, 5) is 0. The summed E-state index contributed by atoms with van der Waals surface area (Å²) in [5.74, 6) is 0.243. The Kier molecular flexibility index (Phi) is 4.08. The van der Waals surface area contributed by atoms with E-state index in [9.17, 15) is 4.39 Å². The van der Waals surface area contributed by atoms with Crippen LogP contribution in [0.1, 0.15) is 32.3 Å². The van der Waals surface area contributed by atoms with Crippen LogP contribution in [-0.4, -0.2) is 12.6 Å². The summed E-state index contributed by atoms with van der Waals surface area (Å²) in [7, 11) is 0.